The second-order valence-corrected chi connectivity index (χ2v) is 12.5. The van der Waals surface area contributed by atoms with Crippen molar-refractivity contribution in [3.63, 3.8) is 0 Å². The Balaban J connectivity index is 0.981. The Bertz CT molecular complexity index is 897. The minimum atomic E-state index is -0.782. The number of piperazine rings is 1. The number of benzene rings is 1. The van der Waals surface area contributed by atoms with E-state index in [4.69, 9.17) is 19.6 Å². The van der Waals surface area contributed by atoms with Crippen LogP contribution < -0.4 is 0 Å². The largest absolute Gasteiger partial charge is 0.508 e. The van der Waals surface area contributed by atoms with E-state index in [-0.39, 0.29) is 0 Å². The fraction of sp³-hybridized carbons (Fsp3) is 0.786. The van der Waals surface area contributed by atoms with Gasteiger partial charge in [-0.25, -0.2) is 0 Å². The molecule has 2 heterocycles. The van der Waals surface area contributed by atoms with Crippen LogP contribution in [0.4, 0.5) is 0 Å². The van der Waals surface area contributed by atoms with Crippen LogP contribution in [0.3, 0.4) is 0 Å². The molecule has 7 nitrogen and oxygen atoms in total. The Morgan fingerprint density at radius 1 is 0.857 bits per heavy atom. The highest BCUT2D eigenvalue weighted by Crippen LogP contribution is 2.62. The molecular weight excluding hydrogens is 444 g/mol. The SMILES string of the molecule is CN1CCN(Cc2cc(C3CCC4(CC3)OOC3(OO4)C4CC5CC(C4)CC3C5)ccc2O)CC1. The van der Waals surface area contributed by atoms with Crippen LogP contribution in [-0.4, -0.2) is 59.7 Å². The van der Waals surface area contributed by atoms with Gasteiger partial charge >= 0.3 is 0 Å². The molecule has 35 heavy (non-hydrogen) atoms. The smallest absolute Gasteiger partial charge is 0.239 e. The molecule has 5 aliphatic carbocycles. The summed E-state index contributed by atoms with van der Waals surface area (Å²) in [7, 11) is 2.17. The lowest BCUT2D eigenvalue weighted by molar-refractivity contribution is -0.680. The quantitative estimate of drug-likeness (QED) is 0.631. The highest BCUT2D eigenvalue weighted by Gasteiger charge is 2.64. The van der Waals surface area contributed by atoms with Crippen LogP contribution in [0.25, 0.3) is 0 Å². The highest BCUT2D eigenvalue weighted by atomic mass is 17.4. The molecule has 5 saturated carbocycles. The van der Waals surface area contributed by atoms with Gasteiger partial charge in [-0.3, -0.25) is 4.90 Å². The molecule has 4 bridgehead atoms. The van der Waals surface area contributed by atoms with Gasteiger partial charge in [-0.15, -0.1) is 0 Å². The molecule has 0 atom stereocenters. The van der Waals surface area contributed by atoms with Crippen molar-refractivity contribution < 1.29 is 24.7 Å². The number of phenols is 1. The predicted octanol–water partition coefficient (Wildman–Crippen LogP) is 4.56. The van der Waals surface area contributed by atoms with Gasteiger partial charge in [0.1, 0.15) is 5.75 Å². The van der Waals surface area contributed by atoms with Crippen LogP contribution in [0.2, 0.25) is 0 Å². The minimum absolute atomic E-state index is 0.404. The van der Waals surface area contributed by atoms with Gasteiger partial charge in [0.05, 0.1) is 0 Å². The van der Waals surface area contributed by atoms with Crippen LogP contribution >= 0.6 is 0 Å². The van der Waals surface area contributed by atoms with Gasteiger partial charge < -0.3 is 10.0 Å². The van der Waals surface area contributed by atoms with E-state index in [9.17, 15) is 5.11 Å². The van der Waals surface area contributed by atoms with Crippen molar-refractivity contribution in [3.8, 4) is 5.75 Å². The summed E-state index contributed by atoms with van der Waals surface area (Å²) < 4.78 is 0. The number of likely N-dealkylation sites (N-methyl/N-ethyl adjacent to an activating group) is 1. The number of hydrogen-bond donors (Lipinski definition) is 1. The van der Waals surface area contributed by atoms with Crippen molar-refractivity contribution in [2.45, 2.75) is 81.8 Å². The second kappa shape index (κ2) is 8.67. The van der Waals surface area contributed by atoms with E-state index in [1.807, 2.05) is 6.07 Å². The summed E-state index contributed by atoms with van der Waals surface area (Å²) in [5.41, 5.74) is 2.34. The first-order chi connectivity index (χ1) is 17.0. The number of aromatic hydroxyl groups is 1. The minimum Gasteiger partial charge on any atom is -0.508 e. The van der Waals surface area contributed by atoms with Crippen LogP contribution in [0.15, 0.2) is 18.2 Å². The molecule has 7 fully saturated rings. The molecule has 0 unspecified atom stereocenters. The molecule has 192 valence electrons. The van der Waals surface area contributed by atoms with E-state index >= 15 is 0 Å². The number of phenolic OH excluding ortho intramolecular Hbond substituents is 1. The number of nitrogens with zero attached hydrogens (tertiary/aromatic N) is 2. The van der Waals surface area contributed by atoms with Gasteiger partial charge in [-0.1, -0.05) is 12.1 Å². The maximum atomic E-state index is 10.5. The molecule has 1 N–H and O–H groups in total. The third kappa shape index (κ3) is 4.03. The molecule has 0 radical (unpaired) electrons. The Morgan fingerprint density at radius 2 is 1.49 bits per heavy atom. The molecule has 1 aromatic carbocycles. The van der Waals surface area contributed by atoms with Crippen molar-refractivity contribution in [2.24, 2.45) is 23.7 Å². The standard InChI is InChI=1S/C28H40N2O5/c1-29-8-10-30(11-9-29)18-23-17-22(2-3-26(23)31)21-4-6-27(7-5-21)32-34-28(35-33-27)24-13-19-12-20(15-24)16-25(28)14-19/h2-3,17,19-21,24-25,31H,4-16,18H2,1H3. The molecule has 1 aromatic rings. The Morgan fingerprint density at radius 3 is 2.11 bits per heavy atom. The van der Waals surface area contributed by atoms with Crippen LogP contribution in [0, 0.1) is 23.7 Å². The summed E-state index contributed by atoms with van der Waals surface area (Å²) in [6, 6.07) is 6.18. The summed E-state index contributed by atoms with van der Waals surface area (Å²) in [4.78, 5) is 29.5. The molecule has 7 heteroatoms. The van der Waals surface area contributed by atoms with E-state index in [1.165, 1.54) is 37.7 Å². The number of rotatable bonds is 3. The van der Waals surface area contributed by atoms with Gasteiger partial charge in [0.2, 0.25) is 11.6 Å². The zero-order chi connectivity index (χ0) is 23.6. The molecule has 2 spiro atoms. The second-order valence-electron chi connectivity index (χ2n) is 12.5. The monoisotopic (exact) mass is 484 g/mol. The molecule has 8 rings (SSSR count). The van der Waals surface area contributed by atoms with Gasteiger partial charge in [-0.2, -0.15) is 19.6 Å². The molecule has 2 aliphatic heterocycles. The van der Waals surface area contributed by atoms with Crippen molar-refractivity contribution >= 4 is 0 Å². The maximum Gasteiger partial charge on any atom is 0.239 e. The van der Waals surface area contributed by atoms with E-state index in [0.29, 0.717) is 23.5 Å². The predicted molar refractivity (Wildman–Crippen MR) is 129 cm³/mol. The van der Waals surface area contributed by atoms with Crippen molar-refractivity contribution in [2.75, 3.05) is 33.2 Å². The number of hydrogen-bond acceptors (Lipinski definition) is 7. The summed E-state index contributed by atoms with van der Waals surface area (Å²) in [6.07, 6.45) is 9.55. The first kappa shape index (κ1) is 22.9. The van der Waals surface area contributed by atoms with Crippen LogP contribution in [0.5, 0.6) is 5.75 Å². The lowest BCUT2D eigenvalue weighted by Gasteiger charge is -2.60. The normalized spacial score (nSPS) is 43.9. The molecule has 2 saturated heterocycles. The van der Waals surface area contributed by atoms with E-state index in [1.54, 1.807) is 0 Å². The summed E-state index contributed by atoms with van der Waals surface area (Å²) in [5, 5.41) is 10.5. The summed E-state index contributed by atoms with van der Waals surface area (Å²) in [5.74, 6) is 1.87. The third-order valence-electron chi connectivity index (χ3n) is 10.2. The van der Waals surface area contributed by atoms with Crippen molar-refractivity contribution in [1.29, 1.82) is 0 Å². The zero-order valence-corrected chi connectivity index (χ0v) is 21.0. The molecule has 7 aliphatic rings. The lowest BCUT2D eigenvalue weighted by atomic mass is 9.53. The Hall–Kier alpha value is -1.22. The van der Waals surface area contributed by atoms with Crippen molar-refractivity contribution in [1.82, 2.24) is 9.80 Å². The van der Waals surface area contributed by atoms with Gasteiger partial charge in [0, 0.05) is 63.0 Å². The topological polar surface area (TPSA) is 63.6 Å². The van der Waals surface area contributed by atoms with Gasteiger partial charge in [0.15, 0.2) is 0 Å². The van der Waals surface area contributed by atoms with E-state index < -0.39 is 11.6 Å². The first-order valence-corrected chi connectivity index (χ1v) is 14.0. The highest BCUT2D eigenvalue weighted by molar-refractivity contribution is 5.38. The Kier molecular flexibility index (Phi) is 5.68. The average molecular weight is 485 g/mol. The van der Waals surface area contributed by atoms with E-state index in [0.717, 1.165) is 75.8 Å². The fourth-order valence-corrected chi connectivity index (χ4v) is 8.21. The molecule has 0 aromatic heterocycles. The van der Waals surface area contributed by atoms with Crippen LogP contribution in [-0.2, 0) is 26.1 Å². The molecular formula is C28H40N2O5. The van der Waals surface area contributed by atoms with Gasteiger partial charge in [0.25, 0.3) is 0 Å². The van der Waals surface area contributed by atoms with Crippen LogP contribution in [0.1, 0.15) is 74.8 Å². The van der Waals surface area contributed by atoms with Gasteiger partial charge in [-0.05, 0) is 81.4 Å². The maximum absolute atomic E-state index is 10.5. The summed E-state index contributed by atoms with van der Waals surface area (Å²) in [6.45, 7) is 5.07. The average Bonchev–Trinajstić information content (AvgIpc) is 2.87. The lowest BCUT2D eigenvalue weighted by Crippen LogP contribution is -2.64. The third-order valence-corrected chi connectivity index (χ3v) is 10.2. The first-order valence-electron chi connectivity index (χ1n) is 14.0. The van der Waals surface area contributed by atoms with E-state index in [2.05, 4.69) is 29.0 Å². The van der Waals surface area contributed by atoms with Crippen molar-refractivity contribution in [3.05, 3.63) is 29.3 Å². The zero-order valence-electron chi connectivity index (χ0n) is 21.0. The Labute approximate surface area is 208 Å². The summed E-state index contributed by atoms with van der Waals surface area (Å²) >= 11 is 0. The fourth-order valence-electron chi connectivity index (χ4n) is 8.21. The molecule has 0 amide bonds.